The average Bonchev–Trinajstić information content (AvgIpc) is 2.30. The zero-order chi connectivity index (χ0) is 6.97. The van der Waals surface area contributed by atoms with Gasteiger partial charge in [-0.2, -0.15) is 0 Å². The Bertz CT molecular complexity index is 117. The summed E-state index contributed by atoms with van der Waals surface area (Å²) in [7, 11) is 0. The average molecular weight is 142 g/mol. The molecule has 3 nitrogen and oxygen atoms in total. The lowest BCUT2D eigenvalue weighted by Crippen LogP contribution is -2.39. The molecule has 2 aliphatic rings. The van der Waals surface area contributed by atoms with Crippen molar-refractivity contribution in [3.8, 4) is 0 Å². The normalized spacial score (nSPS) is 45.9. The van der Waals surface area contributed by atoms with Crippen molar-refractivity contribution in [3.05, 3.63) is 0 Å². The Morgan fingerprint density at radius 3 is 3.00 bits per heavy atom. The highest BCUT2D eigenvalue weighted by Gasteiger charge is 2.32. The zero-order valence-corrected chi connectivity index (χ0v) is 6.12. The fraction of sp³-hybridized carbons (Fsp3) is 1.00. The fourth-order valence-electron chi connectivity index (χ4n) is 2.10. The predicted molar refractivity (Wildman–Crippen MR) is 38.2 cm³/mol. The maximum Gasteiger partial charge on any atom is 0.0917 e. The first-order chi connectivity index (χ1) is 4.88. The summed E-state index contributed by atoms with van der Waals surface area (Å²) in [6.45, 7) is 3.58. The van der Waals surface area contributed by atoms with Crippen LogP contribution < -0.4 is 5.90 Å². The molecule has 0 amide bonds. The summed E-state index contributed by atoms with van der Waals surface area (Å²) in [5.41, 5.74) is 0. The van der Waals surface area contributed by atoms with E-state index in [1.165, 1.54) is 25.9 Å². The van der Waals surface area contributed by atoms with E-state index in [0.717, 1.165) is 12.5 Å². The Morgan fingerprint density at radius 1 is 1.40 bits per heavy atom. The van der Waals surface area contributed by atoms with Crippen LogP contribution in [0, 0.1) is 5.92 Å². The molecular weight excluding hydrogens is 128 g/mol. The number of rotatable bonds is 1. The number of fused-ring (bicyclic) bond motifs is 2. The van der Waals surface area contributed by atoms with Crippen molar-refractivity contribution < 1.29 is 4.84 Å². The van der Waals surface area contributed by atoms with Crippen LogP contribution in [0.5, 0.6) is 0 Å². The van der Waals surface area contributed by atoms with Gasteiger partial charge in [-0.3, -0.25) is 4.84 Å². The lowest BCUT2D eigenvalue weighted by atomic mass is 9.99. The van der Waals surface area contributed by atoms with Gasteiger partial charge in [0, 0.05) is 13.1 Å². The molecule has 2 fully saturated rings. The van der Waals surface area contributed by atoms with Gasteiger partial charge in [-0.25, -0.2) is 5.90 Å². The van der Waals surface area contributed by atoms with Crippen LogP contribution in [0.2, 0.25) is 0 Å². The molecule has 0 saturated carbocycles. The first kappa shape index (κ1) is 6.58. The van der Waals surface area contributed by atoms with Gasteiger partial charge in [0.05, 0.1) is 6.10 Å². The Balaban J connectivity index is 1.96. The number of piperidine rings is 1. The number of hydrogen-bond donors (Lipinski definition) is 1. The van der Waals surface area contributed by atoms with E-state index in [1.54, 1.807) is 0 Å². The molecule has 0 aromatic rings. The quantitative estimate of drug-likeness (QED) is 0.522. The lowest BCUT2D eigenvalue weighted by molar-refractivity contribution is 0.00126. The van der Waals surface area contributed by atoms with Gasteiger partial charge in [-0.15, -0.1) is 0 Å². The van der Waals surface area contributed by atoms with Crippen LogP contribution in [-0.4, -0.2) is 30.6 Å². The number of nitrogens with two attached hydrogens (primary N) is 1. The molecule has 3 heteroatoms. The highest BCUT2D eigenvalue weighted by atomic mass is 16.6. The summed E-state index contributed by atoms with van der Waals surface area (Å²) < 4.78 is 0. The molecule has 2 rings (SSSR count). The van der Waals surface area contributed by atoms with E-state index in [0.29, 0.717) is 6.10 Å². The van der Waals surface area contributed by atoms with Gasteiger partial charge in [0.1, 0.15) is 0 Å². The largest absolute Gasteiger partial charge is 0.300 e. The molecule has 0 spiro atoms. The second kappa shape index (κ2) is 2.49. The van der Waals surface area contributed by atoms with Crippen molar-refractivity contribution in [3.63, 3.8) is 0 Å². The topological polar surface area (TPSA) is 38.5 Å². The van der Waals surface area contributed by atoms with Crippen LogP contribution in [0.4, 0.5) is 0 Å². The first-order valence-electron chi connectivity index (χ1n) is 3.96. The summed E-state index contributed by atoms with van der Waals surface area (Å²) in [6, 6.07) is 0. The SMILES string of the molecule is NO[C@@H]1C[C@H]2CCN(C2)C1. The van der Waals surface area contributed by atoms with Gasteiger partial charge in [-0.05, 0) is 25.3 Å². The van der Waals surface area contributed by atoms with Crippen LogP contribution in [0.3, 0.4) is 0 Å². The second-order valence-electron chi connectivity index (χ2n) is 3.41. The van der Waals surface area contributed by atoms with Crippen LogP contribution in [0.15, 0.2) is 0 Å². The van der Waals surface area contributed by atoms with E-state index in [1.807, 2.05) is 0 Å². The Hall–Kier alpha value is -0.120. The monoisotopic (exact) mass is 142 g/mol. The summed E-state index contributed by atoms with van der Waals surface area (Å²) in [5, 5.41) is 0. The number of nitrogens with zero attached hydrogens (tertiary/aromatic N) is 1. The zero-order valence-electron chi connectivity index (χ0n) is 6.12. The van der Waals surface area contributed by atoms with Crippen molar-refractivity contribution in [2.75, 3.05) is 19.6 Å². The van der Waals surface area contributed by atoms with Gasteiger partial charge in [-0.1, -0.05) is 0 Å². The van der Waals surface area contributed by atoms with Gasteiger partial charge >= 0.3 is 0 Å². The Kier molecular flexibility index (Phi) is 1.64. The molecule has 0 radical (unpaired) electrons. The fourth-order valence-corrected chi connectivity index (χ4v) is 2.10. The third-order valence-corrected chi connectivity index (χ3v) is 2.62. The van der Waals surface area contributed by atoms with Crippen LogP contribution in [0.25, 0.3) is 0 Å². The van der Waals surface area contributed by atoms with E-state index < -0.39 is 0 Å². The second-order valence-corrected chi connectivity index (χ2v) is 3.41. The molecule has 2 heterocycles. The smallest absolute Gasteiger partial charge is 0.0917 e. The number of hydrogen-bond acceptors (Lipinski definition) is 3. The van der Waals surface area contributed by atoms with E-state index in [-0.39, 0.29) is 0 Å². The molecular formula is C7H14N2O. The Labute approximate surface area is 61.1 Å². The molecule has 0 aliphatic carbocycles. The predicted octanol–water partition coefficient (Wildman–Crippen LogP) is -0.0291. The minimum absolute atomic E-state index is 0.307. The van der Waals surface area contributed by atoms with Crippen LogP contribution in [-0.2, 0) is 4.84 Å². The van der Waals surface area contributed by atoms with E-state index in [9.17, 15) is 0 Å². The van der Waals surface area contributed by atoms with Crippen molar-refractivity contribution in [1.82, 2.24) is 4.90 Å². The minimum atomic E-state index is 0.307. The highest BCUT2D eigenvalue weighted by Crippen LogP contribution is 2.27. The molecule has 58 valence electrons. The van der Waals surface area contributed by atoms with E-state index in [2.05, 4.69) is 4.90 Å². The first-order valence-corrected chi connectivity index (χ1v) is 3.96. The molecule has 2 N–H and O–H groups in total. The summed E-state index contributed by atoms with van der Waals surface area (Å²) in [6.07, 6.45) is 2.83. The summed E-state index contributed by atoms with van der Waals surface area (Å²) in [5.74, 6) is 5.99. The molecule has 2 aliphatic heterocycles. The van der Waals surface area contributed by atoms with Crippen molar-refractivity contribution in [2.45, 2.75) is 18.9 Å². The molecule has 0 aromatic heterocycles. The maximum atomic E-state index is 5.13. The third kappa shape index (κ3) is 1.05. The molecule has 1 unspecified atom stereocenters. The Morgan fingerprint density at radius 2 is 2.30 bits per heavy atom. The molecule has 10 heavy (non-hydrogen) atoms. The van der Waals surface area contributed by atoms with E-state index in [4.69, 9.17) is 10.7 Å². The summed E-state index contributed by atoms with van der Waals surface area (Å²) in [4.78, 5) is 7.27. The van der Waals surface area contributed by atoms with Gasteiger partial charge in [0.2, 0.25) is 0 Å². The standard InChI is InChI=1S/C7H14N2O/c8-10-7-3-6-1-2-9(4-6)5-7/h6-7H,1-5,8H2/t6-,7-/m1/s1. The maximum absolute atomic E-state index is 5.13. The highest BCUT2D eigenvalue weighted by molar-refractivity contribution is 4.85. The molecule has 3 atom stereocenters. The molecule has 2 saturated heterocycles. The summed E-state index contributed by atoms with van der Waals surface area (Å²) >= 11 is 0. The lowest BCUT2D eigenvalue weighted by Gasteiger charge is -2.27. The van der Waals surface area contributed by atoms with Crippen LogP contribution >= 0.6 is 0 Å². The van der Waals surface area contributed by atoms with Gasteiger partial charge in [0.15, 0.2) is 0 Å². The van der Waals surface area contributed by atoms with E-state index >= 15 is 0 Å². The van der Waals surface area contributed by atoms with Crippen molar-refractivity contribution in [2.24, 2.45) is 11.8 Å². The molecule has 2 bridgehead atoms. The van der Waals surface area contributed by atoms with Gasteiger partial charge in [0.25, 0.3) is 0 Å². The van der Waals surface area contributed by atoms with Crippen LogP contribution in [0.1, 0.15) is 12.8 Å². The minimum Gasteiger partial charge on any atom is -0.300 e. The van der Waals surface area contributed by atoms with Crippen molar-refractivity contribution >= 4 is 0 Å². The third-order valence-electron chi connectivity index (χ3n) is 2.62. The molecule has 0 aromatic carbocycles. The van der Waals surface area contributed by atoms with Gasteiger partial charge < -0.3 is 4.90 Å². The van der Waals surface area contributed by atoms with Crippen molar-refractivity contribution in [1.29, 1.82) is 0 Å².